The Morgan fingerprint density at radius 3 is 1.37 bits per heavy atom. The molecule has 0 unspecified atom stereocenters. The first kappa shape index (κ1) is 95.6. The molecule has 0 saturated heterocycles. The third-order valence-electron chi connectivity index (χ3n) is 21.0. The van der Waals surface area contributed by atoms with Crippen LogP contribution in [0.3, 0.4) is 0 Å². The number of carboxylic acid groups (broad SMARTS) is 1. The lowest BCUT2D eigenvalue weighted by Crippen LogP contribution is -2.67. The second-order valence-electron chi connectivity index (χ2n) is 33.0. The first-order chi connectivity index (χ1) is 49.6. The molecule has 0 saturated carbocycles. The molecule has 0 heterocycles. The molecular weight excluding hydrogens is 1380 g/mol. The van der Waals surface area contributed by atoms with Crippen molar-refractivity contribution in [2.24, 2.45) is 59.2 Å². The number of nitrogens with zero attached hydrogens (tertiary/aromatic N) is 6. The minimum atomic E-state index is -3.11. The van der Waals surface area contributed by atoms with Crippen LogP contribution in [0.1, 0.15) is 197 Å². The third-order valence-corrected chi connectivity index (χ3v) is 26.0. The molecule has 2 aromatic rings. The molecule has 23 nitrogen and oxygen atoms in total. The molecule has 24 heteroatoms. The van der Waals surface area contributed by atoms with Gasteiger partial charge in [-0.3, -0.25) is 52.7 Å². The number of benzene rings is 2. The largest absolute Gasteiger partial charge is 0.480 e. The number of aliphatic carboxylic acids is 1. The van der Waals surface area contributed by atoms with E-state index < -0.39 is 151 Å². The summed E-state index contributed by atoms with van der Waals surface area (Å²) in [6.07, 6.45) is 2.41. The maximum absolute atomic E-state index is 15.3. The Morgan fingerprint density at radius 2 is 0.953 bits per heavy atom. The van der Waals surface area contributed by atoms with Crippen LogP contribution in [0.25, 0.3) is 0 Å². The Hall–Kier alpha value is -7.44. The Kier molecular flexibility index (Phi) is 39.0. The number of rotatable bonds is 45. The lowest BCUT2D eigenvalue weighted by Gasteiger charge is -2.44. The number of amides is 7. The molecule has 0 aliphatic rings. The Morgan fingerprint density at radius 1 is 0.514 bits per heavy atom. The molecule has 0 fully saturated rings. The third kappa shape index (κ3) is 26.1. The minimum Gasteiger partial charge on any atom is -0.480 e. The predicted molar refractivity (Wildman–Crippen MR) is 423 cm³/mol. The van der Waals surface area contributed by atoms with Gasteiger partial charge >= 0.3 is 11.9 Å². The summed E-state index contributed by atoms with van der Waals surface area (Å²) < 4.78 is 13.1. The summed E-state index contributed by atoms with van der Waals surface area (Å²) in [6.45, 7) is 38.2. The van der Waals surface area contributed by atoms with Crippen molar-refractivity contribution in [3.8, 4) is 0 Å². The smallest absolute Gasteiger partial charge is 0.326 e. The van der Waals surface area contributed by atoms with Gasteiger partial charge in [0.1, 0.15) is 42.1 Å². The lowest BCUT2D eigenvalue weighted by atomic mass is 9.83. The van der Waals surface area contributed by atoms with Crippen molar-refractivity contribution in [1.82, 2.24) is 40.0 Å². The van der Waals surface area contributed by atoms with Crippen molar-refractivity contribution >= 4 is 89.3 Å². The number of ether oxygens (including phenoxy) is 1. The van der Waals surface area contributed by atoms with Crippen LogP contribution < -0.4 is 21.0 Å². The second kappa shape index (κ2) is 43.7. The van der Waals surface area contributed by atoms with Gasteiger partial charge in [0.15, 0.2) is 11.6 Å². The number of carbonyl (C=O) groups is 12. The van der Waals surface area contributed by atoms with Gasteiger partial charge in [-0.15, -0.1) is 0 Å². The minimum absolute atomic E-state index is 0.00463. The first-order valence-corrected chi connectivity index (χ1v) is 40.5. The number of likely N-dealkylation sites (N-methyl/N-ethyl adjacent to an activating group) is 7. The zero-order chi connectivity index (χ0) is 82.2. The number of allylic oxidation sites excluding steroid dienone is 2. The predicted octanol–water partition coefficient (Wildman–Crippen LogP) is 9.50. The van der Waals surface area contributed by atoms with Gasteiger partial charge in [-0.05, 0) is 104 Å². The van der Waals surface area contributed by atoms with Crippen molar-refractivity contribution in [3.63, 3.8) is 0 Å². The van der Waals surface area contributed by atoms with Gasteiger partial charge in [-0.2, -0.15) is 0 Å². The van der Waals surface area contributed by atoms with Crippen molar-refractivity contribution in [2.45, 2.75) is 256 Å². The summed E-state index contributed by atoms with van der Waals surface area (Å²) in [6, 6.07) is 11.2. The van der Waals surface area contributed by atoms with Crippen molar-refractivity contribution in [3.05, 3.63) is 72.8 Å². The molecule has 0 aromatic heterocycles. The van der Waals surface area contributed by atoms with Gasteiger partial charge in [-0.1, -0.05) is 197 Å². The van der Waals surface area contributed by atoms with Crippen molar-refractivity contribution in [2.75, 3.05) is 55.9 Å². The number of hydrogen-bond donors (Lipinski definition) is 3. The molecule has 0 radical (unpaired) electrons. The topological polar surface area (TPSA) is 287 Å². The van der Waals surface area contributed by atoms with Gasteiger partial charge in [0.2, 0.25) is 41.4 Å². The second-order valence-corrected chi connectivity index (χ2v) is 37.3. The van der Waals surface area contributed by atoms with Gasteiger partial charge in [0.05, 0.1) is 18.1 Å². The van der Waals surface area contributed by atoms with Crippen molar-refractivity contribution in [1.29, 1.82) is 0 Å². The number of nitrogens with one attached hydrogen (secondary N) is 2. The van der Waals surface area contributed by atoms with E-state index in [2.05, 4.69) is 55.7 Å². The van der Waals surface area contributed by atoms with E-state index >= 15 is 24.0 Å². The van der Waals surface area contributed by atoms with E-state index in [1.807, 2.05) is 105 Å². The van der Waals surface area contributed by atoms with E-state index in [0.717, 1.165) is 15.3 Å². The van der Waals surface area contributed by atoms with E-state index in [0.29, 0.717) is 6.42 Å². The maximum atomic E-state index is 15.3. The molecule has 2 rings (SSSR count). The molecular formula is C83H136N8O15Si. The molecule has 2 aromatic carbocycles. The molecule has 0 bridgehead atoms. The van der Waals surface area contributed by atoms with Crippen LogP contribution in [0.4, 0.5) is 0 Å². The summed E-state index contributed by atoms with van der Waals surface area (Å²) in [5.74, 6) is -12.5. The van der Waals surface area contributed by atoms with Crippen LogP contribution in [0, 0.1) is 59.2 Å². The number of ketones is 3. The van der Waals surface area contributed by atoms with Crippen molar-refractivity contribution < 1.29 is 71.8 Å². The van der Waals surface area contributed by atoms with Gasteiger partial charge < -0.3 is 54.3 Å². The van der Waals surface area contributed by atoms with Crippen LogP contribution in [0.2, 0.25) is 5.04 Å². The van der Waals surface area contributed by atoms with Crippen LogP contribution in [0.5, 0.6) is 0 Å². The van der Waals surface area contributed by atoms with Crippen LogP contribution >= 0.6 is 0 Å². The summed E-state index contributed by atoms with van der Waals surface area (Å²) >= 11 is 0. The molecule has 3 N–H and O–H groups in total. The molecule has 0 aliphatic heterocycles. The highest BCUT2D eigenvalue weighted by atomic mass is 28.4. The first-order valence-electron chi connectivity index (χ1n) is 38.6. The van der Waals surface area contributed by atoms with E-state index in [4.69, 9.17) is 9.16 Å². The molecule has 0 aliphatic carbocycles. The molecule has 107 heavy (non-hydrogen) atoms. The zero-order valence-corrected chi connectivity index (χ0v) is 71.1. The number of hydrogen-bond acceptors (Lipinski definition) is 15. The Labute approximate surface area is 642 Å². The SMILES string of the molecule is C/C=C/C[C@@H](C)[C@@H](OC(C)=O)[C@@H](C(=O)N[C@@H](CC)C(=O)O)N(C)C(=O)[C@H](C(C)C)N(C)C(=O)[C@H](CC(C)C)N(C)C(=O)[C@H](CC(C)C)N(C)C(=O)[C@@H](C)CC(=O)[C@H](C)CC(=O)[C@H](CC(C)C)N(C)C(=O)[C@@H](CC(=O)[C@H]([C@@H](C)CO[Si](c1ccccc1)(c1ccccc1)C(C)(C)C)N(C)C(=O)[C@@H](C)NC)C(C)C. The van der Waals surface area contributed by atoms with E-state index in [-0.39, 0.29) is 97.7 Å². The van der Waals surface area contributed by atoms with Gasteiger partial charge in [0, 0.05) is 98.8 Å². The zero-order valence-electron chi connectivity index (χ0n) is 70.1. The summed E-state index contributed by atoms with van der Waals surface area (Å²) in [4.78, 5) is 181. The quantitative estimate of drug-likeness (QED) is 0.0316. The standard InChI is InChI=1S/C83H136N8O15Si/c1-29-31-38-55(13)74(106-60(18)92)73(75(96)85-64(30-2)82(103)104)91(28)81(102)71(54(11)12)89(26)80(101)67(45-52(7)8)88(25)79(100)66(44-51(5)6)87(24)76(97)57(15)47-68(93)56(14)46-69(94)65(43-50(3)4)86(23)78(99)63(53(9)10)48-70(95)72(90(27)77(98)59(17)84-22)58(16)49-105-107(83(19,20)21,61-39-34-32-35-40-61)62-41-36-33-37-42-62/h29,31-37,39-42,50-59,63-67,71-74,84H,30,38,43-49H2,1-28H3,(H,85,96)(H,103,104)/b31-29+/t55-,56-,57+,58+,59-,63+,64+,65+,66+,67+,71+,72+,73+,74-/m1/s1. The average Bonchev–Trinajstić information content (AvgIpc) is 0.746. The van der Waals surface area contributed by atoms with Crippen LogP contribution in [-0.2, 0) is 66.7 Å². The highest BCUT2D eigenvalue weighted by Crippen LogP contribution is 2.38. The number of carboxylic acids is 1. The fourth-order valence-corrected chi connectivity index (χ4v) is 19.3. The summed E-state index contributed by atoms with van der Waals surface area (Å²) in [5.41, 5.74) is 0. The fraction of sp³-hybridized carbons (Fsp3) is 0.687. The number of Topliss-reactive ketones (excluding diaryl/α,β-unsaturated/α-hetero) is 3. The van der Waals surface area contributed by atoms with Gasteiger partial charge in [0.25, 0.3) is 8.32 Å². The molecule has 7 amide bonds. The highest BCUT2D eigenvalue weighted by Gasteiger charge is 2.52. The van der Waals surface area contributed by atoms with E-state index in [1.54, 1.807) is 82.6 Å². The van der Waals surface area contributed by atoms with Gasteiger partial charge in [-0.25, -0.2) is 4.79 Å². The molecule has 0 spiro atoms. The maximum Gasteiger partial charge on any atom is 0.326 e. The molecule has 14 atom stereocenters. The normalized spacial score (nSPS) is 16.0. The lowest BCUT2D eigenvalue weighted by molar-refractivity contribution is -0.164. The number of carbonyl (C=O) groups excluding carboxylic acids is 11. The average molecular weight is 1510 g/mol. The van der Waals surface area contributed by atoms with Crippen LogP contribution in [-0.4, -0.2) is 224 Å². The van der Waals surface area contributed by atoms with E-state index in [1.165, 1.54) is 59.6 Å². The highest BCUT2D eigenvalue weighted by molar-refractivity contribution is 6.99. The Bertz CT molecular complexity index is 3260. The Balaban J connectivity index is 2.55. The fourth-order valence-electron chi connectivity index (χ4n) is 14.6. The number of esters is 1. The summed E-state index contributed by atoms with van der Waals surface area (Å²) in [7, 11) is 7.46. The van der Waals surface area contributed by atoms with Crippen LogP contribution in [0.15, 0.2) is 72.8 Å². The monoisotopic (exact) mass is 1510 g/mol. The summed E-state index contributed by atoms with van der Waals surface area (Å²) in [5, 5.41) is 17.2. The van der Waals surface area contributed by atoms with E-state index in [9.17, 15) is 38.7 Å². The molecule has 602 valence electrons.